The van der Waals surface area contributed by atoms with Gasteiger partial charge in [-0.05, 0) is 5.92 Å². The van der Waals surface area contributed by atoms with Crippen LogP contribution in [0.25, 0.3) is 0 Å². The minimum Gasteiger partial charge on any atom is -0.307 e. The van der Waals surface area contributed by atoms with Gasteiger partial charge in [0.2, 0.25) is 0 Å². The van der Waals surface area contributed by atoms with Gasteiger partial charge in [0.15, 0.2) is 11.2 Å². The number of Topliss-reactive ketones (excluding diaryl/α,β-unsaturated/α-hetero) is 1. The minimum atomic E-state index is -3.50. The van der Waals surface area contributed by atoms with Crippen molar-refractivity contribution >= 4 is 18.8 Å². The van der Waals surface area contributed by atoms with Crippen molar-refractivity contribution in [2.45, 2.75) is 20.8 Å². The first-order chi connectivity index (χ1) is 6.87. The van der Waals surface area contributed by atoms with Gasteiger partial charge in [-0.15, -0.1) is 0 Å². The second-order valence-electron chi connectivity index (χ2n) is 3.48. The Morgan fingerprint density at radius 1 is 1.33 bits per heavy atom. The average molecular weight is 235 g/mol. The first kappa shape index (κ1) is 14.5. The van der Waals surface area contributed by atoms with E-state index in [-0.39, 0.29) is 17.2 Å². The van der Waals surface area contributed by atoms with Crippen LogP contribution in [0.15, 0.2) is 4.99 Å². The molecule has 0 aromatic carbocycles. The summed E-state index contributed by atoms with van der Waals surface area (Å²) in [4.78, 5) is 15.2. The van der Waals surface area contributed by atoms with Crippen LogP contribution in [-0.4, -0.2) is 32.0 Å². The summed E-state index contributed by atoms with van der Waals surface area (Å²) in [5.41, 5.74) is -0.110. The Labute approximate surface area is 90.4 Å². The molecule has 0 aliphatic carbocycles. The Kier molecular flexibility index (Phi) is 5.95. The predicted molar refractivity (Wildman–Crippen MR) is 59.4 cm³/mol. The van der Waals surface area contributed by atoms with Gasteiger partial charge in [0.05, 0.1) is 0 Å². The fourth-order valence-corrected chi connectivity index (χ4v) is 2.04. The van der Waals surface area contributed by atoms with Crippen molar-refractivity contribution in [2.75, 3.05) is 20.8 Å². The lowest BCUT2D eigenvalue weighted by atomic mass is 10.2. The molecule has 0 saturated carbocycles. The number of carbonyl (C=O) groups excluding carboxylic acids is 1. The molecule has 0 saturated heterocycles. The van der Waals surface area contributed by atoms with Crippen LogP contribution in [0.1, 0.15) is 20.8 Å². The smallest absolute Gasteiger partial charge is 0.307 e. The van der Waals surface area contributed by atoms with Crippen molar-refractivity contribution in [3.05, 3.63) is 0 Å². The molecule has 0 unspecified atom stereocenters. The van der Waals surface area contributed by atoms with Crippen LogP contribution in [0.4, 0.5) is 0 Å². The van der Waals surface area contributed by atoms with Gasteiger partial charge >= 0.3 is 7.60 Å². The molecular formula is C9H18NO4P. The second-order valence-corrected chi connectivity index (χ2v) is 5.63. The zero-order valence-corrected chi connectivity index (χ0v) is 10.7. The standard InChI is InChI=1S/C9H18NO4P/c1-7(2)6-10-9(8(3)11)15(12,13-4)14-5/h7H,6H2,1-5H3/b10-9-. The van der Waals surface area contributed by atoms with E-state index in [9.17, 15) is 9.36 Å². The topological polar surface area (TPSA) is 65.0 Å². The Bertz CT molecular complexity index is 290. The van der Waals surface area contributed by atoms with Crippen LogP contribution >= 0.6 is 7.60 Å². The average Bonchev–Trinajstić information content (AvgIpc) is 2.16. The normalized spacial score (nSPS) is 13.3. The van der Waals surface area contributed by atoms with Crippen LogP contribution in [-0.2, 0) is 18.4 Å². The Morgan fingerprint density at radius 3 is 2.07 bits per heavy atom. The lowest BCUT2D eigenvalue weighted by Gasteiger charge is -2.14. The molecule has 0 atom stereocenters. The maximum atomic E-state index is 11.9. The van der Waals surface area contributed by atoms with E-state index in [1.54, 1.807) is 0 Å². The molecule has 88 valence electrons. The zero-order chi connectivity index (χ0) is 12.1. The molecule has 0 aromatic heterocycles. The molecule has 0 N–H and O–H groups in total. The predicted octanol–water partition coefficient (Wildman–Crippen LogP) is 2.12. The number of ketones is 1. The van der Waals surface area contributed by atoms with E-state index in [2.05, 4.69) is 4.99 Å². The molecule has 5 nitrogen and oxygen atoms in total. The number of hydrogen-bond donors (Lipinski definition) is 0. The first-order valence-electron chi connectivity index (χ1n) is 4.64. The van der Waals surface area contributed by atoms with E-state index in [1.807, 2.05) is 13.8 Å². The van der Waals surface area contributed by atoms with Crippen LogP contribution in [0.5, 0.6) is 0 Å². The molecule has 0 rings (SSSR count). The summed E-state index contributed by atoms with van der Waals surface area (Å²) in [7, 11) is -1.03. The summed E-state index contributed by atoms with van der Waals surface area (Å²) in [5.74, 6) is -0.107. The maximum Gasteiger partial charge on any atom is 0.382 e. The molecule has 0 fully saturated rings. The first-order valence-corrected chi connectivity index (χ1v) is 6.19. The van der Waals surface area contributed by atoms with Gasteiger partial charge in [-0.3, -0.25) is 14.4 Å². The summed E-state index contributed by atoms with van der Waals surface area (Å²) in [6.07, 6.45) is 0. The summed E-state index contributed by atoms with van der Waals surface area (Å²) >= 11 is 0. The largest absolute Gasteiger partial charge is 0.382 e. The van der Waals surface area contributed by atoms with Crippen molar-refractivity contribution in [2.24, 2.45) is 10.9 Å². The molecule has 0 bridgehead atoms. The van der Waals surface area contributed by atoms with Crippen molar-refractivity contribution in [1.29, 1.82) is 0 Å². The van der Waals surface area contributed by atoms with E-state index in [4.69, 9.17) is 9.05 Å². The quantitative estimate of drug-likeness (QED) is 0.522. The number of aliphatic imine (C=N–C) groups is 1. The third-order valence-electron chi connectivity index (χ3n) is 1.66. The van der Waals surface area contributed by atoms with Crippen molar-refractivity contribution < 1.29 is 18.4 Å². The molecule has 0 aliphatic rings. The molecule has 15 heavy (non-hydrogen) atoms. The lowest BCUT2D eigenvalue weighted by molar-refractivity contribution is -0.110. The van der Waals surface area contributed by atoms with Gasteiger partial charge in [0.25, 0.3) is 0 Å². The Hall–Kier alpha value is -0.510. The highest BCUT2D eigenvalue weighted by Crippen LogP contribution is 2.48. The van der Waals surface area contributed by atoms with Gasteiger partial charge < -0.3 is 9.05 Å². The van der Waals surface area contributed by atoms with Crippen LogP contribution in [0, 0.1) is 5.92 Å². The molecular weight excluding hydrogens is 217 g/mol. The van der Waals surface area contributed by atoms with E-state index >= 15 is 0 Å². The number of rotatable bonds is 6. The van der Waals surface area contributed by atoms with E-state index in [0.29, 0.717) is 6.54 Å². The molecule has 0 aromatic rings. The number of nitrogens with zero attached hydrogens (tertiary/aromatic N) is 1. The van der Waals surface area contributed by atoms with E-state index in [1.165, 1.54) is 21.1 Å². The molecule has 0 amide bonds. The monoisotopic (exact) mass is 235 g/mol. The Morgan fingerprint density at radius 2 is 1.80 bits per heavy atom. The maximum absolute atomic E-state index is 11.9. The highest BCUT2D eigenvalue weighted by molar-refractivity contribution is 7.75. The Balaban J connectivity index is 5.05. The summed E-state index contributed by atoms with van der Waals surface area (Å²) in [6, 6.07) is 0. The molecule has 6 heteroatoms. The molecule has 0 heterocycles. The van der Waals surface area contributed by atoms with Gasteiger partial charge in [0.1, 0.15) is 0 Å². The second kappa shape index (κ2) is 6.16. The van der Waals surface area contributed by atoms with E-state index < -0.39 is 7.60 Å². The van der Waals surface area contributed by atoms with Crippen molar-refractivity contribution in [3.63, 3.8) is 0 Å². The SMILES string of the molecule is COP(=O)(OC)/C(=N\CC(C)C)C(C)=O. The summed E-state index contributed by atoms with van der Waals surface area (Å²) in [6.45, 7) is 5.62. The highest BCUT2D eigenvalue weighted by Gasteiger charge is 2.32. The zero-order valence-electron chi connectivity index (χ0n) is 9.81. The van der Waals surface area contributed by atoms with Crippen LogP contribution < -0.4 is 0 Å². The van der Waals surface area contributed by atoms with Crippen molar-refractivity contribution in [1.82, 2.24) is 0 Å². The number of hydrogen-bond acceptors (Lipinski definition) is 5. The van der Waals surface area contributed by atoms with E-state index in [0.717, 1.165) is 0 Å². The highest BCUT2D eigenvalue weighted by atomic mass is 31.2. The fourth-order valence-electron chi connectivity index (χ4n) is 0.907. The molecule has 0 aliphatic heterocycles. The summed E-state index contributed by atoms with van der Waals surface area (Å²) in [5, 5.41) is 0. The van der Waals surface area contributed by atoms with Crippen LogP contribution in [0.3, 0.4) is 0 Å². The van der Waals surface area contributed by atoms with Crippen LogP contribution in [0.2, 0.25) is 0 Å². The molecule has 0 spiro atoms. The van der Waals surface area contributed by atoms with Gasteiger partial charge in [-0.1, -0.05) is 13.8 Å². The third-order valence-corrected chi connectivity index (χ3v) is 3.60. The van der Waals surface area contributed by atoms with Crippen molar-refractivity contribution in [3.8, 4) is 0 Å². The molecule has 0 radical (unpaired) electrons. The third kappa shape index (κ3) is 4.24. The number of carbonyl (C=O) groups is 1. The summed E-state index contributed by atoms with van der Waals surface area (Å²) < 4.78 is 21.4. The van der Waals surface area contributed by atoms with Gasteiger partial charge in [-0.2, -0.15) is 0 Å². The van der Waals surface area contributed by atoms with Gasteiger partial charge in [-0.25, -0.2) is 0 Å². The van der Waals surface area contributed by atoms with Gasteiger partial charge in [0, 0.05) is 27.7 Å². The fraction of sp³-hybridized carbons (Fsp3) is 0.778. The minimum absolute atomic E-state index is 0.110. The lowest BCUT2D eigenvalue weighted by Crippen LogP contribution is -2.14.